The van der Waals surface area contributed by atoms with E-state index in [1.807, 2.05) is 22.6 Å². The average molecular weight is 411 g/mol. The molecule has 1 aromatic heterocycles. The zero-order chi connectivity index (χ0) is 12.4. The first-order valence-corrected chi connectivity index (χ1v) is 7.59. The van der Waals surface area contributed by atoms with Crippen LogP contribution in [0.25, 0.3) is 11.0 Å². The van der Waals surface area contributed by atoms with Crippen molar-refractivity contribution in [3.05, 3.63) is 19.8 Å². The number of hydrogen-bond acceptors (Lipinski definition) is 5. The van der Waals surface area contributed by atoms with Crippen LogP contribution in [0.1, 0.15) is 13.3 Å². The quantitative estimate of drug-likeness (QED) is 0.361. The van der Waals surface area contributed by atoms with Crippen molar-refractivity contribution < 1.29 is 4.92 Å². The van der Waals surface area contributed by atoms with Gasteiger partial charge >= 0.3 is 118 Å². The molecule has 0 bridgehead atoms. The van der Waals surface area contributed by atoms with Crippen molar-refractivity contribution in [1.82, 2.24) is 7.96 Å². The second kappa shape index (κ2) is 5.28. The SMILES string of the molecule is CCCNc1cc(I)c([N+](=O)[O-])c2n[se]nc12. The normalized spacial score (nSPS) is 10.7. The average Bonchev–Trinajstić information content (AvgIpc) is 2.73. The zero-order valence-corrected chi connectivity index (χ0v) is 12.8. The van der Waals surface area contributed by atoms with E-state index in [9.17, 15) is 10.1 Å². The second-order valence-corrected chi connectivity index (χ2v) is 5.67. The van der Waals surface area contributed by atoms with Gasteiger partial charge in [0.15, 0.2) is 0 Å². The second-order valence-electron chi connectivity index (χ2n) is 3.40. The van der Waals surface area contributed by atoms with E-state index in [0.29, 0.717) is 14.6 Å². The molecule has 0 saturated carbocycles. The first-order chi connectivity index (χ1) is 8.15. The number of fused-ring (bicyclic) bond motifs is 1. The Hall–Kier alpha value is -0.731. The van der Waals surface area contributed by atoms with E-state index >= 15 is 0 Å². The molecule has 6 nitrogen and oxygen atoms in total. The molecule has 90 valence electrons. The number of hydrogen-bond donors (Lipinski definition) is 1. The molecule has 17 heavy (non-hydrogen) atoms. The number of nitro groups is 1. The Kier molecular flexibility index (Phi) is 3.95. The minimum atomic E-state index is -0.384. The molecular weight excluding hydrogens is 402 g/mol. The van der Waals surface area contributed by atoms with Gasteiger partial charge in [-0.25, -0.2) is 0 Å². The van der Waals surface area contributed by atoms with Crippen LogP contribution in [0.4, 0.5) is 11.4 Å². The summed E-state index contributed by atoms with van der Waals surface area (Å²) in [4.78, 5) is 10.6. The van der Waals surface area contributed by atoms with Crippen LogP contribution in [-0.2, 0) is 0 Å². The summed E-state index contributed by atoms with van der Waals surface area (Å²) < 4.78 is 9.02. The van der Waals surface area contributed by atoms with Gasteiger partial charge in [0.2, 0.25) is 0 Å². The Morgan fingerprint density at radius 2 is 2.24 bits per heavy atom. The van der Waals surface area contributed by atoms with Crippen molar-refractivity contribution in [3.8, 4) is 0 Å². The molecule has 1 aromatic carbocycles. The zero-order valence-electron chi connectivity index (χ0n) is 8.94. The summed E-state index contributed by atoms with van der Waals surface area (Å²) in [5.41, 5.74) is 2.00. The van der Waals surface area contributed by atoms with Gasteiger partial charge in [-0.3, -0.25) is 0 Å². The first kappa shape index (κ1) is 12.7. The maximum absolute atomic E-state index is 11.0. The molecule has 0 aliphatic heterocycles. The van der Waals surface area contributed by atoms with Gasteiger partial charge in [-0.05, 0) is 0 Å². The number of nitrogens with one attached hydrogen (secondary N) is 1. The summed E-state index contributed by atoms with van der Waals surface area (Å²) in [7, 11) is 0. The third-order valence-corrected chi connectivity index (χ3v) is 4.14. The van der Waals surface area contributed by atoms with Crippen LogP contribution < -0.4 is 5.32 Å². The third-order valence-electron chi connectivity index (χ3n) is 2.21. The van der Waals surface area contributed by atoms with E-state index in [2.05, 4.69) is 20.2 Å². The van der Waals surface area contributed by atoms with Crippen LogP contribution in [0.2, 0.25) is 0 Å². The number of aromatic nitrogens is 2. The molecule has 0 radical (unpaired) electrons. The number of nitro benzene ring substituents is 1. The molecule has 0 unspecified atom stereocenters. The molecule has 0 fully saturated rings. The van der Waals surface area contributed by atoms with Crippen molar-refractivity contribution in [2.45, 2.75) is 13.3 Å². The van der Waals surface area contributed by atoms with E-state index in [1.165, 1.54) is 0 Å². The molecule has 0 atom stereocenters. The van der Waals surface area contributed by atoms with Crippen molar-refractivity contribution in [3.63, 3.8) is 0 Å². The molecule has 2 rings (SSSR count). The van der Waals surface area contributed by atoms with Gasteiger partial charge in [0.25, 0.3) is 0 Å². The van der Waals surface area contributed by atoms with E-state index < -0.39 is 0 Å². The number of nitrogens with zero attached hydrogens (tertiary/aromatic N) is 3. The van der Waals surface area contributed by atoms with Gasteiger partial charge in [0, 0.05) is 0 Å². The fraction of sp³-hybridized carbons (Fsp3) is 0.333. The van der Waals surface area contributed by atoms with Gasteiger partial charge in [-0.1, -0.05) is 0 Å². The predicted octanol–water partition coefficient (Wildman–Crippen LogP) is 2.02. The van der Waals surface area contributed by atoms with E-state index in [1.54, 1.807) is 6.07 Å². The van der Waals surface area contributed by atoms with Crippen LogP contribution in [0.15, 0.2) is 6.07 Å². The van der Waals surface area contributed by atoms with Crippen molar-refractivity contribution in [2.75, 3.05) is 11.9 Å². The van der Waals surface area contributed by atoms with Crippen LogP contribution in [-0.4, -0.2) is 34.4 Å². The number of anilines is 1. The summed E-state index contributed by atoms with van der Waals surface area (Å²) in [6.45, 7) is 2.89. The van der Waals surface area contributed by atoms with Crippen LogP contribution in [0.5, 0.6) is 0 Å². The third kappa shape index (κ3) is 2.43. The van der Waals surface area contributed by atoms with Gasteiger partial charge in [0.1, 0.15) is 0 Å². The van der Waals surface area contributed by atoms with Crippen LogP contribution in [0.3, 0.4) is 0 Å². The summed E-state index contributed by atoms with van der Waals surface area (Å²) in [5.74, 6) is 0. The fourth-order valence-corrected chi connectivity index (χ4v) is 3.41. The molecule has 0 amide bonds. The van der Waals surface area contributed by atoms with Crippen LogP contribution in [0, 0.1) is 13.7 Å². The Morgan fingerprint density at radius 3 is 2.88 bits per heavy atom. The van der Waals surface area contributed by atoms with Gasteiger partial charge in [0.05, 0.1) is 0 Å². The summed E-state index contributed by atoms with van der Waals surface area (Å²) in [6, 6.07) is 1.77. The topological polar surface area (TPSA) is 81.0 Å². The molecule has 0 aliphatic carbocycles. The summed E-state index contributed by atoms with van der Waals surface area (Å²) in [5, 5.41) is 14.2. The van der Waals surface area contributed by atoms with E-state index in [-0.39, 0.29) is 25.6 Å². The van der Waals surface area contributed by atoms with Gasteiger partial charge < -0.3 is 0 Å². The number of halogens is 1. The Balaban J connectivity index is 2.61. The molecule has 0 aliphatic rings. The predicted molar refractivity (Wildman–Crippen MR) is 74.6 cm³/mol. The van der Waals surface area contributed by atoms with Crippen LogP contribution >= 0.6 is 22.6 Å². The number of benzene rings is 1. The van der Waals surface area contributed by atoms with Crippen molar-refractivity contribution in [2.24, 2.45) is 0 Å². The van der Waals surface area contributed by atoms with Gasteiger partial charge in [-0.2, -0.15) is 0 Å². The molecule has 0 saturated heterocycles. The summed E-state index contributed by atoms with van der Waals surface area (Å²) in [6.07, 6.45) is 0.991. The number of rotatable bonds is 4. The summed E-state index contributed by atoms with van der Waals surface area (Å²) >= 11 is 1.71. The first-order valence-electron chi connectivity index (χ1n) is 4.98. The minimum absolute atomic E-state index is 0.0748. The molecule has 2 aromatic rings. The molecule has 8 heteroatoms. The van der Waals surface area contributed by atoms with Crippen molar-refractivity contribution in [1.29, 1.82) is 0 Å². The maximum atomic E-state index is 11.0. The van der Waals surface area contributed by atoms with Gasteiger partial charge in [-0.15, -0.1) is 0 Å². The molecule has 1 heterocycles. The monoisotopic (exact) mass is 412 g/mol. The Bertz CT molecular complexity index is 571. The van der Waals surface area contributed by atoms with E-state index in [0.717, 1.165) is 18.7 Å². The standard InChI is InChI=1S/C9H9IN4O2Se/c1-2-3-11-6-4-5(10)9(14(15)16)8-7(6)12-17-13-8/h4,11H,2-3H2,1H3. The van der Waals surface area contributed by atoms with Crippen molar-refractivity contribution >= 4 is 60.0 Å². The Labute approximate surface area is 117 Å². The molecule has 0 spiro atoms. The fourth-order valence-electron chi connectivity index (χ4n) is 1.47. The Morgan fingerprint density at radius 1 is 1.53 bits per heavy atom. The molecule has 1 N–H and O–H groups in total. The molecular formula is C9H9IN4O2Se. The van der Waals surface area contributed by atoms with E-state index in [4.69, 9.17) is 0 Å².